The Kier molecular flexibility index (Phi) is 6.56. The minimum Gasteiger partial charge on any atom is -0.366 e. The number of hydrogen-bond donors (Lipinski definition) is 4. The van der Waals surface area contributed by atoms with Crippen LogP contribution in [0, 0.1) is 20.8 Å². The molecule has 0 saturated carbocycles. The van der Waals surface area contributed by atoms with E-state index < -0.39 is 5.91 Å². The molecule has 0 unspecified atom stereocenters. The van der Waals surface area contributed by atoms with Crippen LogP contribution in [0.15, 0.2) is 42.7 Å². The molecule has 0 aliphatic carbocycles. The number of nitrogens with two attached hydrogens (primary N) is 1. The molecule has 186 valence electrons. The number of fused-ring (bicyclic) bond motifs is 1. The van der Waals surface area contributed by atoms with Crippen LogP contribution in [0.1, 0.15) is 45.5 Å². The van der Waals surface area contributed by atoms with E-state index in [0.29, 0.717) is 23.0 Å². The van der Waals surface area contributed by atoms with E-state index >= 15 is 0 Å². The van der Waals surface area contributed by atoms with Crippen LogP contribution in [0.2, 0.25) is 0 Å². The van der Waals surface area contributed by atoms with Crippen molar-refractivity contribution in [1.82, 2.24) is 24.8 Å². The van der Waals surface area contributed by atoms with E-state index in [0.717, 1.165) is 43.7 Å². The average molecular weight is 485 g/mol. The summed E-state index contributed by atoms with van der Waals surface area (Å²) in [7, 11) is 0. The molecule has 0 atom stereocenters. The average Bonchev–Trinajstić information content (AvgIpc) is 3.32. The molecule has 9 heteroatoms. The number of H-pyrrole nitrogens is 1. The molecule has 4 aromatic rings. The lowest BCUT2D eigenvalue weighted by molar-refractivity contribution is 0.1000. The van der Waals surface area contributed by atoms with Gasteiger partial charge in [0.25, 0.3) is 0 Å². The van der Waals surface area contributed by atoms with E-state index in [-0.39, 0.29) is 6.04 Å². The molecule has 36 heavy (non-hydrogen) atoms. The summed E-state index contributed by atoms with van der Waals surface area (Å²) in [6.07, 6.45) is 3.62. The molecule has 3 heterocycles. The summed E-state index contributed by atoms with van der Waals surface area (Å²) in [6, 6.07) is 12.1. The maximum absolute atomic E-state index is 11.3. The highest BCUT2D eigenvalue weighted by molar-refractivity contribution is 5.92. The number of carbonyl (C=O) groups is 1. The number of aryl methyl sites for hydroxylation is 3. The van der Waals surface area contributed by atoms with Crippen molar-refractivity contribution in [3.8, 4) is 0 Å². The molecular weight excluding hydrogens is 452 g/mol. The molecular formula is C27H32N8O. The number of amides is 1. The Morgan fingerprint density at radius 1 is 1.08 bits per heavy atom. The zero-order valence-corrected chi connectivity index (χ0v) is 20.9. The molecule has 0 bridgehead atoms. The second-order valence-electron chi connectivity index (χ2n) is 9.65. The van der Waals surface area contributed by atoms with Gasteiger partial charge in [0.2, 0.25) is 11.9 Å². The highest BCUT2D eigenvalue weighted by Crippen LogP contribution is 2.29. The first-order chi connectivity index (χ1) is 17.4. The molecule has 5 rings (SSSR count). The maximum Gasteiger partial charge on any atom is 0.248 e. The molecule has 2 aromatic carbocycles. The number of hydrogen-bond acceptors (Lipinski definition) is 7. The number of aromatic amines is 1. The lowest BCUT2D eigenvalue weighted by Crippen LogP contribution is -2.39. The fraction of sp³-hybridized carbons (Fsp3) is 0.333. The summed E-state index contributed by atoms with van der Waals surface area (Å²) < 4.78 is 0. The van der Waals surface area contributed by atoms with E-state index in [4.69, 9.17) is 10.7 Å². The van der Waals surface area contributed by atoms with Gasteiger partial charge in [0.1, 0.15) is 5.52 Å². The van der Waals surface area contributed by atoms with Crippen molar-refractivity contribution in [3.05, 3.63) is 70.5 Å². The van der Waals surface area contributed by atoms with Gasteiger partial charge in [0.15, 0.2) is 11.5 Å². The van der Waals surface area contributed by atoms with Crippen molar-refractivity contribution in [2.24, 2.45) is 5.73 Å². The van der Waals surface area contributed by atoms with E-state index in [1.165, 1.54) is 22.3 Å². The van der Waals surface area contributed by atoms with Gasteiger partial charge < -0.3 is 21.4 Å². The van der Waals surface area contributed by atoms with Gasteiger partial charge >= 0.3 is 0 Å². The summed E-state index contributed by atoms with van der Waals surface area (Å²) in [5.74, 6) is 0.901. The van der Waals surface area contributed by atoms with Gasteiger partial charge in [-0.15, -0.1) is 0 Å². The standard InChI is InChI=1S/C27H32N8O/c1-16-12-17(2)22(18(3)13-16)32-26-23-25(30-15-29-23)33-27(34-26)31-21-8-10-35(11-9-21)14-19-4-6-20(7-5-19)24(28)36/h4-7,12-13,15,21H,8-11,14H2,1-3H3,(H2,28,36)(H3,29,30,31,32,33,34). The van der Waals surface area contributed by atoms with Crippen LogP contribution in [-0.4, -0.2) is 49.9 Å². The van der Waals surface area contributed by atoms with Crippen molar-refractivity contribution in [2.45, 2.75) is 46.2 Å². The van der Waals surface area contributed by atoms with Gasteiger partial charge in [-0.3, -0.25) is 9.69 Å². The van der Waals surface area contributed by atoms with Crippen LogP contribution in [0.5, 0.6) is 0 Å². The van der Waals surface area contributed by atoms with Crippen LogP contribution in [0.4, 0.5) is 17.5 Å². The molecule has 1 fully saturated rings. The fourth-order valence-electron chi connectivity index (χ4n) is 4.93. The third-order valence-electron chi connectivity index (χ3n) is 6.77. The first-order valence-electron chi connectivity index (χ1n) is 12.3. The van der Waals surface area contributed by atoms with Crippen molar-refractivity contribution >= 4 is 34.5 Å². The number of benzene rings is 2. The number of aromatic nitrogens is 4. The Hall–Kier alpha value is -3.98. The third-order valence-corrected chi connectivity index (χ3v) is 6.77. The SMILES string of the molecule is Cc1cc(C)c(Nc2nc(NC3CCN(Cc4ccc(C(N)=O)cc4)CC3)nc3nc[nH]c23)c(C)c1. The molecule has 0 spiro atoms. The van der Waals surface area contributed by atoms with Gasteiger partial charge in [0.05, 0.1) is 6.33 Å². The van der Waals surface area contributed by atoms with Crippen LogP contribution in [0.25, 0.3) is 11.2 Å². The fourth-order valence-corrected chi connectivity index (χ4v) is 4.93. The summed E-state index contributed by atoms with van der Waals surface area (Å²) in [4.78, 5) is 30.7. The van der Waals surface area contributed by atoms with E-state index in [1.807, 2.05) is 12.1 Å². The van der Waals surface area contributed by atoms with Crippen LogP contribution >= 0.6 is 0 Å². The second kappa shape index (κ2) is 9.94. The van der Waals surface area contributed by atoms with E-state index in [9.17, 15) is 4.79 Å². The molecule has 1 aliphatic rings. The van der Waals surface area contributed by atoms with E-state index in [1.54, 1.807) is 18.5 Å². The second-order valence-corrected chi connectivity index (χ2v) is 9.65. The predicted octanol–water partition coefficient (Wildman–Crippen LogP) is 4.20. The number of nitrogens with zero attached hydrogens (tertiary/aromatic N) is 4. The van der Waals surface area contributed by atoms with Crippen molar-refractivity contribution in [2.75, 3.05) is 23.7 Å². The number of carbonyl (C=O) groups excluding carboxylic acids is 1. The van der Waals surface area contributed by atoms with Gasteiger partial charge in [0, 0.05) is 36.9 Å². The Morgan fingerprint density at radius 3 is 2.44 bits per heavy atom. The smallest absolute Gasteiger partial charge is 0.248 e. The Balaban J connectivity index is 1.25. The maximum atomic E-state index is 11.3. The number of likely N-dealkylation sites (tertiary alicyclic amines) is 1. The summed E-state index contributed by atoms with van der Waals surface area (Å²) in [5, 5.41) is 7.06. The van der Waals surface area contributed by atoms with Gasteiger partial charge in [-0.05, 0) is 62.4 Å². The first-order valence-corrected chi connectivity index (χ1v) is 12.3. The Morgan fingerprint density at radius 2 is 1.78 bits per heavy atom. The monoisotopic (exact) mass is 484 g/mol. The van der Waals surface area contributed by atoms with Crippen LogP contribution in [0.3, 0.4) is 0 Å². The zero-order chi connectivity index (χ0) is 25.2. The summed E-state index contributed by atoms with van der Waals surface area (Å²) >= 11 is 0. The molecule has 9 nitrogen and oxygen atoms in total. The molecule has 1 amide bonds. The summed E-state index contributed by atoms with van der Waals surface area (Å²) in [6.45, 7) is 9.10. The first kappa shape index (κ1) is 23.7. The van der Waals surface area contributed by atoms with E-state index in [2.05, 4.69) is 63.4 Å². The number of nitrogens with one attached hydrogen (secondary N) is 3. The minimum absolute atomic E-state index is 0.283. The molecule has 1 aliphatic heterocycles. The number of primary amides is 1. The van der Waals surface area contributed by atoms with Crippen LogP contribution in [-0.2, 0) is 6.54 Å². The zero-order valence-electron chi connectivity index (χ0n) is 20.9. The molecule has 2 aromatic heterocycles. The highest BCUT2D eigenvalue weighted by Gasteiger charge is 2.21. The predicted molar refractivity (Wildman–Crippen MR) is 143 cm³/mol. The van der Waals surface area contributed by atoms with Gasteiger partial charge in [-0.25, -0.2) is 4.98 Å². The molecule has 5 N–H and O–H groups in total. The Bertz CT molecular complexity index is 1360. The lowest BCUT2D eigenvalue weighted by atomic mass is 10.0. The number of piperidine rings is 1. The number of imidazole rings is 1. The number of rotatable bonds is 7. The topological polar surface area (TPSA) is 125 Å². The van der Waals surface area contributed by atoms with Gasteiger partial charge in [-0.1, -0.05) is 29.8 Å². The van der Waals surface area contributed by atoms with Crippen molar-refractivity contribution < 1.29 is 4.79 Å². The van der Waals surface area contributed by atoms with Crippen molar-refractivity contribution in [1.29, 1.82) is 0 Å². The van der Waals surface area contributed by atoms with Crippen LogP contribution < -0.4 is 16.4 Å². The van der Waals surface area contributed by atoms with Crippen molar-refractivity contribution in [3.63, 3.8) is 0 Å². The quantitative estimate of drug-likeness (QED) is 0.310. The minimum atomic E-state index is -0.397. The highest BCUT2D eigenvalue weighted by atomic mass is 16.1. The Labute approximate surface area is 210 Å². The number of anilines is 3. The molecule has 1 saturated heterocycles. The third kappa shape index (κ3) is 5.16. The summed E-state index contributed by atoms with van der Waals surface area (Å²) in [5.41, 5.74) is 13.1. The largest absolute Gasteiger partial charge is 0.366 e. The van der Waals surface area contributed by atoms with Gasteiger partial charge in [-0.2, -0.15) is 9.97 Å². The lowest BCUT2D eigenvalue weighted by Gasteiger charge is -2.32. The normalized spacial score (nSPS) is 14.8. The molecule has 0 radical (unpaired) electrons.